The van der Waals surface area contributed by atoms with Crippen LogP contribution in [0, 0.1) is 0 Å². The minimum atomic E-state index is -1.47. The first-order valence-corrected chi connectivity index (χ1v) is 13.5. The van der Waals surface area contributed by atoms with Crippen molar-refractivity contribution in [2.24, 2.45) is 0 Å². The van der Waals surface area contributed by atoms with Gasteiger partial charge in [-0.2, -0.15) is 0 Å². The lowest BCUT2D eigenvalue weighted by atomic mass is 10.0. The molecule has 1 aromatic carbocycles. The minimum Gasteiger partial charge on any atom is -0.480 e. The van der Waals surface area contributed by atoms with Crippen molar-refractivity contribution >= 4 is 23.8 Å². The summed E-state index contributed by atoms with van der Waals surface area (Å²) in [5.41, 5.74) is 0.913. The maximum Gasteiger partial charge on any atom is 0.317 e. The van der Waals surface area contributed by atoms with Gasteiger partial charge >= 0.3 is 11.9 Å². The molecule has 2 amide bonds. The molecule has 1 aromatic rings. The molecule has 14 nitrogen and oxygen atoms in total. The van der Waals surface area contributed by atoms with Crippen LogP contribution in [-0.2, 0) is 40.0 Å². The molecule has 1 aliphatic rings. The second kappa shape index (κ2) is 18.3. The summed E-state index contributed by atoms with van der Waals surface area (Å²) in [6.45, 7) is 0.794. The van der Waals surface area contributed by atoms with Crippen LogP contribution in [0.25, 0.3) is 0 Å². The van der Waals surface area contributed by atoms with E-state index < -0.39 is 55.0 Å². The fourth-order valence-electron chi connectivity index (χ4n) is 4.00. The topological polar surface area (TPSA) is 204 Å². The van der Waals surface area contributed by atoms with Gasteiger partial charge in [-0.3, -0.25) is 24.1 Å². The summed E-state index contributed by atoms with van der Waals surface area (Å²) < 4.78 is 15.8. The Morgan fingerprint density at radius 2 is 1.54 bits per heavy atom. The molecule has 1 heterocycles. The molecular formula is C27H41N3O11. The number of carboxylic acids is 1. The summed E-state index contributed by atoms with van der Waals surface area (Å²) in [5, 5.41) is 43.8. The van der Waals surface area contributed by atoms with Gasteiger partial charge in [0, 0.05) is 19.5 Å². The summed E-state index contributed by atoms with van der Waals surface area (Å²) in [5.74, 6) is -2.48. The van der Waals surface area contributed by atoms with Crippen molar-refractivity contribution < 1.29 is 53.8 Å². The van der Waals surface area contributed by atoms with Crippen LogP contribution >= 0.6 is 0 Å². The number of hydrogen-bond acceptors (Lipinski definition) is 11. The Hall–Kier alpha value is -3.14. The molecule has 5 atom stereocenters. The number of nitrogens with zero attached hydrogens (tertiary/aromatic N) is 1. The number of aliphatic carboxylic acids is 1. The van der Waals surface area contributed by atoms with Gasteiger partial charge in [-0.15, -0.1) is 0 Å². The molecule has 0 saturated carbocycles. The average molecular weight is 584 g/mol. The zero-order valence-electron chi connectivity index (χ0n) is 23.1. The summed E-state index contributed by atoms with van der Waals surface area (Å²) in [4.78, 5) is 48.7. The van der Waals surface area contributed by atoms with Gasteiger partial charge in [0.25, 0.3) is 0 Å². The van der Waals surface area contributed by atoms with E-state index in [-0.39, 0.29) is 45.2 Å². The standard InChI is InChI=1S/C27H41N3O11/c1-18-24(36)25(37)26(38)27(41-18)39-13-12-29-21(32)15-30(16-22(33)34)14-20(31)28-11-7-3-6-10-23(35)40-17-19-8-4-2-5-9-19/h2,4-5,8-9,18,24-27,36-38H,3,6-7,10-17H2,1H3,(H,28,31)(H,29,32)(H,33,34)/t18-,24+,25+,26-,27+/m0/s1. The van der Waals surface area contributed by atoms with Crippen molar-refractivity contribution in [1.82, 2.24) is 15.5 Å². The predicted octanol–water partition coefficient (Wildman–Crippen LogP) is -1.25. The third-order valence-electron chi connectivity index (χ3n) is 6.23. The van der Waals surface area contributed by atoms with E-state index in [4.69, 9.17) is 19.3 Å². The summed E-state index contributed by atoms with van der Waals surface area (Å²) in [7, 11) is 0. The molecule has 6 N–H and O–H groups in total. The highest BCUT2D eigenvalue weighted by atomic mass is 16.7. The largest absolute Gasteiger partial charge is 0.480 e. The van der Waals surface area contributed by atoms with Crippen molar-refractivity contribution in [2.75, 3.05) is 39.3 Å². The van der Waals surface area contributed by atoms with Gasteiger partial charge in [-0.05, 0) is 25.3 Å². The Balaban J connectivity index is 1.59. The molecule has 0 bridgehead atoms. The first kappa shape index (κ1) is 34.1. The molecule has 230 valence electrons. The van der Waals surface area contributed by atoms with E-state index in [1.807, 2.05) is 30.3 Å². The molecule has 2 rings (SSSR count). The van der Waals surface area contributed by atoms with Gasteiger partial charge < -0.3 is 45.3 Å². The molecule has 0 aromatic heterocycles. The number of rotatable bonds is 18. The molecule has 0 radical (unpaired) electrons. The average Bonchev–Trinajstić information content (AvgIpc) is 2.93. The zero-order chi connectivity index (χ0) is 30.2. The van der Waals surface area contributed by atoms with Crippen molar-refractivity contribution in [3.63, 3.8) is 0 Å². The van der Waals surface area contributed by atoms with Crippen LogP contribution in [0.5, 0.6) is 0 Å². The van der Waals surface area contributed by atoms with E-state index in [0.29, 0.717) is 25.8 Å². The number of esters is 1. The number of nitrogens with one attached hydrogen (secondary N) is 2. The molecule has 14 heteroatoms. The number of aliphatic hydroxyl groups is 3. The SMILES string of the molecule is C[C@@H]1O[C@@H](OCCNC(=O)CN(CC(=O)O)CC(=O)NCCCCCC(=O)OCc2ccccc2)[C@@H](O)[C@H](O)[C@@H]1O. The molecule has 1 aliphatic heterocycles. The van der Waals surface area contributed by atoms with E-state index in [9.17, 15) is 34.5 Å². The highest BCUT2D eigenvalue weighted by molar-refractivity contribution is 5.82. The fourth-order valence-corrected chi connectivity index (χ4v) is 4.00. The number of carbonyl (C=O) groups is 4. The number of benzene rings is 1. The number of hydrogen-bond donors (Lipinski definition) is 6. The lowest BCUT2D eigenvalue weighted by Gasteiger charge is -2.38. The molecule has 1 fully saturated rings. The van der Waals surface area contributed by atoms with Crippen LogP contribution < -0.4 is 10.6 Å². The van der Waals surface area contributed by atoms with Crippen molar-refractivity contribution in [2.45, 2.75) is 69.9 Å². The molecule has 41 heavy (non-hydrogen) atoms. The van der Waals surface area contributed by atoms with Crippen molar-refractivity contribution in [3.05, 3.63) is 35.9 Å². The van der Waals surface area contributed by atoms with Crippen LogP contribution in [-0.4, -0.2) is 119 Å². The zero-order valence-corrected chi connectivity index (χ0v) is 23.1. The molecule has 0 unspecified atom stereocenters. The van der Waals surface area contributed by atoms with Gasteiger partial charge in [-0.1, -0.05) is 36.8 Å². The first-order chi connectivity index (χ1) is 19.6. The summed E-state index contributed by atoms with van der Waals surface area (Å²) in [6, 6.07) is 9.37. The van der Waals surface area contributed by atoms with Gasteiger partial charge in [0.1, 0.15) is 24.9 Å². The first-order valence-electron chi connectivity index (χ1n) is 13.5. The fraction of sp³-hybridized carbons (Fsp3) is 0.630. The van der Waals surface area contributed by atoms with Crippen molar-refractivity contribution in [1.29, 1.82) is 0 Å². The highest BCUT2D eigenvalue weighted by Gasteiger charge is 2.42. The Morgan fingerprint density at radius 1 is 0.878 bits per heavy atom. The van der Waals surface area contributed by atoms with Crippen LogP contribution in [0.2, 0.25) is 0 Å². The Kier molecular flexibility index (Phi) is 15.2. The van der Waals surface area contributed by atoms with Crippen molar-refractivity contribution in [3.8, 4) is 0 Å². The van der Waals surface area contributed by atoms with Crippen LogP contribution in [0.1, 0.15) is 38.2 Å². The Morgan fingerprint density at radius 3 is 2.20 bits per heavy atom. The number of carbonyl (C=O) groups excluding carboxylic acids is 3. The van der Waals surface area contributed by atoms with Gasteiger partial charge in [0.2, 0.25) is 11.8 Å². The highest BCUT2D eigenvalue weighted by Crippen LogP contribution is 2.21. The lowest BCUT2D eigenvalue weighted by molar-refractivity contribution is -0.292. The number of aliphatic hydroxyl groups excluding tert-OH is 3. The third kappa shape index (κ3) is 13.4. The summed E-state index contributed by atoms with van der Waals surface area (Å²) >= 11 is 0. The maximum absolute atomic E-state index is 12.3. The van der Waals surface area contributed by atoms with Gasteiger partial charge in [0.05, 0.1) is 32.3 Å². The van der Waals surface area contributed by atoms with Crippen LogP contribution in [0.4, 0.5) is 0 Å². The number of ether oxygens (including phenoxy) is 3. The van der Waals surface area contributed by atoms with E-state index in [0.717, 1.165) is 5.56 Å². The molecule has 1 saturated heterocycles. The normalized spacial score (nSPS) is 22.2. The third-order valence-corrected chi connectivity index (χ3v) is 6.23. The minimum absolute atomic E-state index is 0.00858. The predicted molar refractivity (Wildman–Crippen MR) is 143 cm³/mol. The Labute approximate surface area is 238 Å². The second-order valence-corrected chi connectivity index (χ2v) is 9.75. The summed E-state index contributed by atoms with van der Waals surface area (Å²) in [6.07, 6.45) is -3.96. The maximum atomic E-state index is 12.3. The number of carboxylic acid groups (broad SMARTS) is 1. The van der Waals surface area contributed by atoms with E-state index in [2.05, 4.69) is 10.6 Å². The van der Waals surface area contributed by atoms with E-state index in [1.165, 1.54) is 11.8 Å². The Bertz CT molecular complexity index is 965. The van der Waals surface area contributed by atoms with E-state index >= 15 is 0 Å². The number of amides is 2. The molecule has 0 aliphatic carbocycles. The van der Waals surface area contributed by atoms with Gasteiger partial charge in [-0.25, -0.2) is 0 Å². The molecular weight excluding hydrogens is 542 g/mol. The molecule has 0 spiro atoms. The number of unbranched alkanes of at least 4 members (excludes halogenated alkanes) is 2. The smallest absolute Gasteiger partial charge is 0.317 e. The van der Waals surface area contributed by atoms with Crippen LogP contribution in [0.3, 0.4) is 0 Å². The van der Waals surface area contributed by atoms with Crippen LogP contribution in [0.15, 0.2) is 30.3 Å². The second-order valence-electron chi connectivity index (χ2n) is 9.75. The van der Waals surface area contributed by atoms with Gasteiger partial charge in [0.15, 0.2) is 6.29 Å². The monoisotopic (exact) mass is 583 g/mol. The van der Waals surface area contributed by atoms with E-state index in [1.54, 1.807) is 0 Å². The lowest BCUT2D eigenvalue weighted by Crippen LogP contribution is -2.57. The quantitative estimate of drug-likeness (QED) is 0.0887.